The van der Waals surface area contributed by atoms with Gasteiger partial charge in [0.1, 0.15) is 0 Å². The van der Waals surface area contributed by atoms with Crippen molar-refractivity contribution in [2.45, 2.75) is 77.3 Å². The van der Waals surface area contributed by atoms with Crippen LogP contribution in [0.2, 0.25) is 0 Å². The maximum Gasteiger partial charge on any atom is 0.261 e. The Hall–Kier alpha value is -12.2. The van der Waals surface area contributed by atoms with Crippen LogP contribution in [0.3, 0.4) is 0 Å². The van der Waals surface area contributed by atoms with Crippen LogP contribution in [0.4, 0.5) is 0 Å². The molecule has 0 radical (unpaired) electrons. The van der Waals surface area contributed by atoms with Gasteiger partial charge in [-0.05, 0) is 179 Å². The Morgan fingerprint density at radius 2 is 0.524 bits per heavy atom. The van der Waals surface area contributed by atoms with Gasteiger partial charge in [-0.1, -0.05) is 10.4 Å². The molecule has 6 aromatic carbocycles. The van der Waals surface area contributed by atoms with E-state index >= 15 is 0 Å². The van der Waals surface area contributed by atoms with Gasteiger partial charge in [0.25, 0.3) is 70.9 Å². The number of piperazine rings is 2. The standard InChI is InChI=1S/C90H104N20O16/c1-97(2)29-7-35-105-79(113)59-17-21-67-77-68(22-18-60(75(59)77)80(105)114)88(122)109(87(67)121)49-53-125-51-47-103-55-57(93-95-103)11-25-71(111)91-27-5-31-99-39-43-101(44-40-99)33-9-37-107-83(117)63-13-15-65-74-66(16-14-64(73(63)74)84(107)118)86(120)108(85(65)119)38-10-34-102-45-41-100(42-46-102)32-6-28-92-72(112)26-12-58-56-104(96-94-58)48-52-126-54-50-110-89(123)69-23-19-61-76-62(20-24-70(78(69)76)90(110)124)82(116)106(81(61)115)36-8-30-98(3)4/h13-24,55-56H,5-12,25-54H2,1-4H3,(H,91,111)(H,92,112). The topological polar surface area (TPSA) is 382 Å². The molecule has 0 saturated carbocycles. The molecule has 2 N–H and O–H groups in total. The van der Waals surface area contributed by atoms with Crippen molar-refractivity contribution >= 4 is 115 Å². The van der Waals surface area contributed by atoms with E-state index in [1.54, 1.807) is 94.6 Å². The molecule has 126 heavy (non-hydrogen) atoms. The number of rotatable bonds is 42. The second-order valence-corrected chi connectivity index (χ2v) is 33.8. The fourth-order valence-electron chi connectivity index (χ4n) is 18.3. The van der Waals surface area contributed by atoms with E-state index in [1.807, 2.05) is 38.0 Å². The van der Waals surface area contributed by atoms with Crippen molar-refractivity contribution < 1.29 is 76.6 Å². The number of ether oxygens (including phenoxy) is 2. The minimum Gasteiger partial charge on any atom is -0.378 e. The summed E-state index contributed by atoms with van der Waals surface area (Å²) in [6, 6.07) is 18.9. The van der Waals surface area contributed by atoms with E-state index in [9.17, 15) is 67.1 Å². The molecule has 14 amide bonds. The molecule has 2 fully saturated rings. The Bertz CT molecular complexity index is 5150. The van der Waals surface area contributed by atoms with Gasteiger partial charge in [-0.2, -0.15) is 0 Å². The van der Waals surface area contributed by atoms with Gasteiger partial charge in [-0.15, -0.1) is 10.2 Å². The van der Waals surface area contributed by atoms with E-state index < -0.39 is 70.9 Å². The molecule has 10 heterocycles. The second-order valence-electron chi connectivity index (χ2n) is 33.8. The average Bonchev–Trinajstić information content (AvgIpc) is 0.852. The molecule has 0 aliphatic carbocycles. The summed E-state index contributed by atoms with van der Waals surface area (Å²) in [5.74, 6) is -5.90. The first-order chi connectivity index (χ1) is 61.0. The second kappa shape index (κ2) is 38.4. The summed E-state index contributed by atoms with van der Waals surface area (Å²) >= 11 is 0. The number of carbonyl (C=O) groups excluding carboxylic acids is 14. The third-order valence-electron chi connectivity index (χ3n) is 25.0. The molecule has 0 unspecified atom stereocenters. The molecular weight excluding hydrogens is 1620 g/mol. The number of aromatic nitrogens is 6. The van der Waals surface area contributed by atoms with Crippen LogP contribution >= 0.6 is 0 Å². The van der Waals surface area contributed by atoms with Crippen LogP contribution in [-0.2, 0) is 45.0 Å². The van der Waals surface area contributed by atoms with Crippen molar-refractivity contribution in [3.05, 3.63) is 163 Å². The van der Waals surface area contributed by atoms with Gasteiger partial charge in [0.2, 0.25) is 11.8 Å². The van der Waals surface area contributed by atoms with Crippen LogP contribution in [0.5, 0.6) is 0 Å². The van der Waals surface area contributed by atoms with Crippen molar-refractivity contribution in [3.8, 4) is 0 Å². The smallest absolute Gasteiger partial charge is 0.261 e. The Morgan fingerprint density at radius 1 is 0.302 bits per heavy atom. The zero-order valence-corrected chi connectivity index (χ0v) is 71.5. The first-order valence-electron chi connectivity index (χ1n) is 43.6. The summed E-state index contributed by atoms with van der Waals surface area (Å²) in [4.78, 5) is 212. The van der Waals surface area contributed by atoms with Crippen LogP contribution < -0.4 is 10.6 Å². The molecule has 8 aromatic rings. The zero-order chi connectivity index (χ0) is 88.1. The van der Waals surface area contributed by atoms with Gasteiger partial charge in [-0.25, -0.2) is 9.36 Å². The van der Waals surface area contributed by atoms with Crippen molar-refractivity contribution in [1.82, 2.24) is 99.4 Å². The van der Waals surface area contributed by atoms with Gasteiger partial charge in [0.15, 0.2) is 0 Å². The molecule has 36 heteroatoms. The highest BCUT2D eigenvalue weighted by Crippen LogP contribution is 2.42. The SMILES string of the molecule is CN(C)CCCN1C(=O)c2ccc3c4c(ccc(c24)C1=O)C(=O)N(CCOCCn1cc(CCC(=O)NCCCN2CCN(CCCN4C(=O)c5ccc6c7c(ccc(c57)C4=O)C(=O)N(CCCN4CCN(CCCNC(=O)CCc5cn(CCOCCN7C(=O)c8ccc9c%10c(ccc(c8%10)C7=O)C(=O)N(CCCN(C)C)C9=O)nn5)CC4)C6=O)CC2)nn1)C3=O. The van der Waals surface area contributed by atoms with Crippen molar-refractivity contribution in [3.63, 3.8) is 0 Å². The van der Waals surface area contributed by atoms with Crippen molar-refractivity contribution in [2.24, 2.45) is 0 Å². The Labute approximate surface area is 726 Å². The maximum absolute atomic E-state index is 14.1. The number of imide groups is 6. The molecule has 660 valence electrons. The third kappa shape index (κ3) is 18.1. The van der Waals surface area contributed by atoms with Crippen molar-refractivity contribution in [1.29, 1.82) is 0 Å². The predicted octanol–water partition coefficient (Wildman–Crippen LogP) is 3.54. The minimum atomic E-state index is -0.529. The third-order valence-corrected chi connectivity index (χ3v) is 25.0. The van der Waals surface area contributed by atoms with Gasteiger partial charge < -0.3 is 49.5 Å². The van der Waals surface area contributed by atoms with E-state index in [0.717, 1.165) is 88.1 Å². The number of carbonyl (C=O) groups is 14. The molecule has 16 rings (SSSR count). The van der Waals surface area contributed by atoms with Crippen LogP contribution in [0, 0.1) is 0 Å². The van der Waals surface area contributed by atoms with E-state index in [-0.39, 0.29) is 135 Å². The predicted molar refractivity (Wildman–Crippen MR) is 459 cm³/mol. The molecule has 0 spiro atoms. The molecule has 2 saturated heterocycles. The van der Waals surface area contributed by atoms with E-state index in [2.05, 4.69) is 50.9 Å². The number of nitrogens with zero attached hydrogens (tertiary/aromatic N) is 18. The lowest BCUT2D eigenvalue weighted by molar-refractivity contribution is -0.121. The first-order valence-corrected chi connectivity index (χ1v) is 43.6. The fourth-order valence-corrected chi connectivity index (χ4v) is 18.3. The highest BCUT2D eigenvalue weighted by atomic mass is 16.5. The highest BCUT2D eigenvalue weighted by Gasteiger charge is 2.44. The summed E-state index contributed by atoms with van der Waals surface area (Å²) in [6.45, 7) is 14.1. The summed E-state index contributed by atoms with van der Waals surface area (Å²) < 4.78 is 14.9. The Morgan fingerprint density at radius 3 is 0.770 bits per heavy atom. The summed E-state index contributed by atoms with van der Waals surface area (Å²) in [6.07, 6.45) is 8.61. The molecule has 8 aliphatic rings. The number of benzene rings is 6. The molecule has 2 aromatic heterocycles. The molecule has 0 bridgehead atoms. The summed E-state index contributed by atoms with van der Waals surface area (Å²) in [5, 5.41) is 24.8. The molecular formula is C90H104N20O16. The van der Waals surface area contributed by atoms with Crippen LogP contribution in [0.1, 0.15) is 187 Å². The normalized spacial score (nSPS) is 16.9. The Balaban J connectivity index is 0.386. The Kier molecular flexibility index (Phi) is 26.6. The number of aryl methyl sites for hydroxylation is 2. The fraction of sp³-hybridized carbons (Fsp3) is 0.467. The van der Waals surface area contributed by atoms with Crippen molar-refractivity contribution in [2.75, 3.05) is 199 Å². The van der Waals surface area contributed by atoms with E-state index in [1.165, 1.54) is 19.6 Å². The number of amides is 14. The number of hydrogen-bond donors (Lipinski definition) is 2. The quantitative estimate of drug-likeness (QED) is 0.0408. The molecule has 36 nitrogen and oxygen atoms in total. The lowest BCUT2D eigenvalue weighted by Gasteiger charge is -2.36. The van der Waals surface area contributed by atoms with Crippen LogP contribution in [0.15, 0.2) is 85.2 Å². The van der Waals surface area contributed by atoms with Gasteiger partial charge in [0.05, 0.1) is 64.0 Å². The van der Waals surface area contributed by atoms with E-state index in [4.69, 9.17) is 9.47 Å². The average molecular weight is 1720 g/mol. The highest BCUT2D eigenvalue weighted by molar-refractivity contribution is 6.36. The summed E-state index contributed by atoms with van der Waals surface area (Å²) in [7, 11) is 7.67. The molecule has 0 atom stereocenters. The lowest BCUT2D eigenvalue weighted by Crippen LogP contribution is -2.48. The zero-order valence-electron chi connectivity index (χ0n) is 71.5. The summed E-state index contributed by atoms with van der Waals surface area (Å²) in [5.41, 5.74) is 4.59. The van der Waals surface area contributed by atoms with Crippen LogP contribution in [-0.4, -0.2) is 370 Å². The first kappa shape index (κ1) is 87.3. The maximum atomic E-state index is 14.1. The van der Waals surface area contributed by atoms with Crippen LogP contribution in [0.25, 0.3) is 32.3 Å². The largest absolute Gasteiger partial charge is 0.378 e. The number of hydrogen-bond acceptors (Lipinski definition) is 26. The van der Waals surface area contributed by atoms with Gasteiger partial charge in [0, 0.05) is 229 Å². The van der Waals surface area contributed by atoms with E-state index in [0.29, 0.717) is 157 Å². The monoisotopic (exact) mass is 1720 g/mol. The van der Waals surface area contributed by atoms with Gasteiger partial charge in [-0.3, -0.25) is 96.5 Å². The minimum absolute atomic E-state index is 0.0166. The van der Waals surface area contributed by atoms with Gasteiger partial charge >= 0.3 is 0 Å². The number of nitrogens with one attached hydrogen (secondary N) is 2. The lowest BCUT2D eigenvalue weighted by atomic mass is 9.86. The molecule has 8 aliphatic heterocycles.